The topological polar surface area (TPSA) is 20.3 Å². The van der Waals surface area contributed by atoms with Gasteiger partial charge in [0, 0.05) is 16.8 Å². The number of benzene rings is 4. The highest BCUT2D eigenvalue weighted by Crippen LogP contribution is 2.60. The molecule has 4 aromatic rings. The summed E-state index contributed by atoms with van der Waals surface area (Å²) in [6.07, 6.45) is 0.816. The summed E-state index contributed by atoms with van der Waals surface area (Å²) in [7, 11) is 0. The Bertz CT molecular complexity index is 1050. The number of hydrogen-bond acceptors (Lipinski definition) is 1. The van der Waals surface area contributed by atoms with Crippen molar-refractivity contribution in [1.82, 2.24) is 0 Å². The molecule has 30 heavy (non-hydrogen) atoms. The van der Waals surface area contributed by atoms with Crippen LogP contribution in [0.5, 0.6) is 0 Å². The first kappa shape index (κ1) is 18.4. The Morgan fingerprint density at radius 1 is 0.600 bits per heavy atom. The Hall–Kier alpha value is -3.65. The molecule has 5 rings (SSSR count). The van der Waals surface area contributed by atoms with E-state index in [2.05, 4.69) is 48.5 Å². The first-order valence-corrected chi connectivity index (χ1v) is 10.4. The second-order valence-electron chi connectivity index (χ2n) is 7.80. The molecule has 0 spiro atoms. The van der Waals surface area contributed by atoms with Crippen LogP contribution in [-0.2, 0) is 10.2 Å². The molecule has 0 N–H and O–H groups in total. The average molecular weight is 389 g/mol. The molecule has 1 fully saturated rings. The van der Waals surface area contributed by atoms with Crippen molar-refractivity contribution in [3.05, 3.63) is 132 Å². The van der Waals surface area contributed by atoms with Gasteiger partial charge < -0.3 is 0 Å². The number of anilines is 2. The molecule has 2 nitrogen and oxygen atoms in total. The molecule has 0 aromatic heterocycles. The number of hydrogen-bond donors (Lipinski definition) is 0. The standard InChI is InChI=1S/C28H23NO/c30-27(29(24-17-9-3-10-18-24)25-19-11-4-12-20-25)26-21-28(26,22-13-5-1-6-14-22)23-15-7-2-8-16-23/h1-20,26H,21H2. The monoisotopic (exact) mass is 389 g/mol. The van der Waals surface area contributed by atoms with E-state index in [4.69, 9.17) is 0 Å². The highest BCUT2D eigenvalue weighted by atomic mass is 16.2. The van der Waals surface area contributed by atoms with Crippen molar-refractivity contribution in [1.29, 1.82) is 0 Å². The Morgan fingerprint density at radius 3 is 1.37 bits per heavy atom. The Labute approximate surface area is 177 Å². The molecule has 1 aliphatic carbocycles. The molecule has 1 unspecified atom stereocenters. The van der Waals surface area contributed by atoms with Crippen LogP contribution in [0.4, 0.5) is 11.4 Å². The lowest BCUT2D eigenvalue weighted by Gasteiger charge is -2.26. The predicted octanol–water partition coefficient (Wildman–Crippen LogP) is 6.36. The van der Waals surface area contributed by atoms with Crippen LogP contribution in [0.1, 0.15) is 17.5 Å². The molecule has 4 aromatic carbocycles. The molecule has 1 amide bonds. The maximum Gasteiger partial charge on any atom is 0.235 e. The Balaban J connectivity index is 1.59. The third kappa shape index (κ3) is 3.11. The quantitative estimate of drug-likeness (QED) is 0.389. The van der Waals surface area contributed by atoms with E-state index in [-0.39, 0.29) is 17.2 Å². The number of nitrogens with zero attached hydrogens (tertiary/aromatic N) is 1. The lowest BCUT2D eigenvalue weighted by Crippen LogP contribution is -2.31. The molecule has 2 heteroatoms. The molecule has 0 heterocycles. The molecule has 1 saturated carbocycles. The van der Waals surface area contributed by atoms with Crippen LogP contribution in [0.2, 0.25) is 0 Å². The van der Waals surface area contributed by atoms with Gasteiger partial charge in [-0.15, -0.1) is 0 Å². The van der Waals surface area contributed by atoms with E-state index in [1.54, 1.807) is 0 Å². The third-order valence-electron chi connectivity index (χ3n) is 6.09. The summed E-state index contributed by atoms with van der Waals surface area (Å²) in [5.41, 5.74) is 3.93. The van der Waals surface area contributed by atoms with Crippen molar-refractivity contribution in [3.8, 4) is 0 Å². The van der Waals surface area contributed by atoms with Gasteiger partial charge in [-0.05, 0) is 41.8 Å². The van der Waals surface area contributed by atoms with Gasteiger partial charge in [-0.1, -0.05) is 97.1 Å². The van der Waals surface area contributed by atoms with E-state index >= 15 is 0 Å². The smallest absolute Gasteiger partial charge is 0.235 e. The summed E-state index contributed by atoms with van der Waals surface area (Å²) >= 11 is 0. The zero-order valence-corrected chi connectivity index (χ0v) is 16.7. The average Bonchev–Trinajstić information content (AvgIpc) is 3.59. The van der Waals surface area contributed by atoms with E-state index in [0.717, 1.165) is 17.8 Å². The molecular weight excluding hydrogens is 366 g/mol. The summed E-state index contributed by atoms with van der Waals surface area (Å²) < 4.78 is 0. The van der Waals surface area contributed by atoms with Gasteiger partial charge in [0.2, 0.25) is 5.91 Å². The van der Waals surface area contributed by atoms with E-state index in [1.807, 2.05) is 77.7 Å². The third-order valence-corrected chi connectivity index (χ3v) is 6.09. The van der Waals surface area contributed by atoms with Crippen molar-refractivity contribution in [2.75, 3.05) is 4.90 Å². The van der Waals surface area contributed by atoms with Gasteiger partial charge in [0.05, 0.1) is 5.92 Å². The van der Waals surface area contributed by atoms with Crippen LogP contribution in [-0.4, -0.2) is 5.91 Å². The van der Waals surface area contributed by atoms with Crippen molar-refractivity contribution in [3.63, 3.8) is 0 Å². The van der Waals surface area contributed by atoms with Gasteiger partial charge >= 0.3 is 0 Å². The van der Waals surface area contributed by atoms with Crippen LogP contribution in [0, 0.1) is 5.92 Å². The second-order valence-corrected chi connectivity index (χ2v) is 7.80. The maximum absolute atomic E-state index is 14.0. The minimum Gasteiger partial charge on any atom is -0.281 e. The number of amides is 1. The highest BCUT2D eigenvalue weighted by molar-refractivity contribution is 6.04. The van der Waals surface area contributed by atoms with Crippen LogP contribution >= 0.6 is 0 Å². The summed E-state index contributed by atoms with van der Waals surface area (Å²) in [6.45, 7) is 0. The van der Waals surface area contributed by atoms with E-state index < -0.39 is 0 Å². The summed E-state index contributed by atoms with van der Waals surface area (Å²) in [4.78, 5) is 15.9. The highest BCUT2D eigenvalue weighted by Gasteiger charge is 2.61. The number of rotatable bonds is 5. The Morgan fingerprint density at radius 2 is 0.967 bits per heavy atom. The Kier molecular flexibility index (Phi) is 4.68. The molecule has 0 bridgehead atoms. The van der Waals surface area contributed by atoms with Gasteiger partial charge in [-0.2, -0.15) is 0 Å². The second kappa shape index (κ2) is 7.64. The number of carbonyl (C=O) groups excluding carboxylic acids is 1. The number of carbonyl (C=O) groups is 1. The fraction of sp³-hybridized carbons (Fsp3) is 0.107. The predicted molar refractivity (Wildman–Crippen MR) is 122 cm³/mol. The zero-order valence-electron chi connectivity index (χ0n) is 16.7. The van der Waals surface area contributed by atoms with E-state index in [1.165, 1.54) is 11.1 Å². The molecule has 0 saturated heterocycles. The lowest BCUT2D eigenvalue weighted by atomic mass is 9.85. The summed E-state index contributed by atoms with van der Waals surface area (Å²) in [6, 6.07) is 40.8. The van der Waals surface area contributed by atoms with E-state index in [9.17, 15) is 4.79 Å². The molecule has 146 valence electrons. The molecule has 0 aliphatic heterocycles. The molecule has 1 atom stereocenters. The van der Waals surface area contributed by atoms with Crippen LogP contribution in [0.25, 0.3) is 0 Å². The van der Waals surface area contributed by atoms with Crippen molar-refractivity contribution >= 4 is 17.3 Å². The van der Waals surface area contributed by atoms with Gasteiger partial charge in [0.25, 0.3) is 0 Å². The summed E-state index contributed by atoms with van der Waals surface area (Å²) in [5, 5.41) is 0. The van der Waals surface area contributed by atoms with Crippen LogP contribution in [0.3, 0.4) is 0 Å². The molecule has 1 aliphatic rings. The van der Waals surface area contributed by atoms with Crippen LogP contribution < -0.4 is 4.90 Å². The summed E-state index contributed by atoms with van der Waals surface area (Å²) in [5.74, 6) is 0.0304. The zero-order chi connectivity index (χ0) is 20.4. The minimum absolute atomic E-state index is 0.109. The number of para-hydroxylation sites is 2. The van der Waals surface area contributed by atoms with Gasteiger partial charge in [0.15, 0.2) is 0 Å². The van der Waals surface area contributed by atoms with Crippen molar-refractivity contribution in [2.24, 2.45) is 5.92 Å². The largest absolute Gasteiger partial charge is 0.281 e. The lowest BCUT2D eigenvalue weighted by molar-refractivity contribution is -0.119. The van der Waals surface area contributed by atoms with Crippen molar-refractivity contribution in [2.45, 2.75) is 11.8 Å². The fourth-order valence-corrected chi connectivity index (χ4v) is 4.55. The first-order chi connectivity index (χ1) is 14.8. The van der Waals surface area contributed by atoms with Crippen LogP contribution in [0.15, 0.2) is 121 Å². The molecular formula is C28H23NO. The first-order valence-electron chi connectivity index (χ1n) is 10.4. The van der Waals surface area contributed by atoms with E-state index in [0.29, 0.717) is 0 Å². The van der Waals surface area contributed by atoms with Crippen molar-refractivity contribution < 1.29 is 4.79 Å². The minimum atomic E-state index is -0.276. The maximum atomic E-state index is 14.0. The fourth-order valence-electron chi connectivity index (χ4n) is 4.55. The van der Waals surface area contributed by atoms with Gasteiger partial charge in [-0.25, -0.2) is 0 Å². The van der Waals surface area contributed by atoms with Gasteiger partial charge in [-0.3, -0.25) is 9.69 Å². The van der Waals surface area contributed by atoms with Gasteiger partial charge in [0.1, 0.15) is 0 Å². The molecule has 0 radical (unpaired) electrons. The normalized spacial score (nSPS) is 16.6. The SMILES string of the molecule is O=C(C1CC1(c1ccccc1)c1ccccc1)N(c1ccccc1)c1ccccc1.